The highest BCUT2D eigenvalue weighted by molar-refractivity contribution is 5.92. The number of non-ortho nitro benzene ring substituents is 1. The van der Waals surface area contributed by atoms with Crippen LogP contribution in [0, 0.1) is 15.9 Å². The van der Waals surface area contributed by atoms with E-state index in [1.807, 2.05) is 6.92 Å². The SMILES string of the molecule is CCCOCC(=O)Nc1cc(F)cc([N+](=O)[O-])c1. The van der Waals surface area contributed by atoms with E-state index in [2.05, 4.69) is 5.32 Å². The molecule has 0 aromatic heterocycles. The van der Waals surface area contributed by atoms with Gasteiger partial charge in [0.15, 0.2) is 0 Å². The Morgan fingerprint density at radius 2 is 2.22 bits per heavy atom. The van der Waals surface area contributed by atoms with Crippen LogP contribution in [-0.4, -0.2) is 24.0 Å². The molecular weight excluding hydrogens is 243 g/mol. The van der Waals surface area contributed by atoms with Crippen molar-refractivity contribution in [3.05, 3.63) is 34.1 Å². The molecule has 1 aromatic rings. The van der Waals surface area contributed by atoms with Gasteiger partial charge in [0.1, 0.15) is 12.4 Å². The Morgan fingerprint density at radius 3 is 2.83 bits per heavy atom. The summed E-state index contributed by atoms with van der Waals surface area (Å²) in [5.74, 6) is -1.27. The molecule has 6 nitrogen and oxygen atoms in total. The van der Waals surface area contributed by atoms with Gasteiger partial charge in [0.25, 0.3) is 5.69 Å². The summed E-state index contributed by atoms with van der Waals surface area (Å²) in [6, 6.07) is 2.87. The second-order valence-corrected chi connectivity index (χ2v) is 3.56. The fourth-order valence-electron chi connectivity index (χ4n) is 1.26. The lowest BCUT2D eigenvalue weighted by Crippen LogP contribution is -2.18. The summed E-state index contributed by atoms with van der Waals surface area (Å²) in [6.45, 7) is 2.17. The third-order valence-corrected chi connectivity index (χ3v) is 1.96. The van der Waals surface area contributed by atoms with Crippen LogP contribution >= 0.6 is 0 Å². The van der Waals surface area contributed by atoms with Crippen LogP contribution in [0.2, 0.25) is 0 Å². The molecule has 0 atom stereocenters. The summed E-state index contributed by atoms with van der Waals surface area (Å²) in [7, 11) is 0. The Kier molecular flexibility index (Phi) is 5.19. The Hall–Kier alpha value is -2.02. The van der Waals surface area contributed by atoms with E-state index < -0.39 is 22.3 Å². The first-order chi connectivity index (χ1) is 8.52. The van der Waals surface area contributed by atoms with Crippen LogP contribution in [0.4, 0.5) is 15.8 Å². The molecule has 1 rings (SSSR count). The summed E-state index contributed by atoms with van der Waals surface area (Å²) in [5.41, 5.74) is -0.383. The van der Waals surface area contributed by atoms with Gasteiger partial charge in [-0.2, -0.15) is 0 Å². The first-order valence-corrected chi connectivity index (χ1v) is 5.35. The zero-order chi connectivity index (χ0) is 13.5. The molecule has 18 heavy (non-hydrogen) atoms. The van der Waals surface area contributed by atoms with Crippen molar-refractivity contribution >= 4 is 17.3 Å². The number of nitro benzene ring substituents is 1. The predicted molar refractivity (Wildman–Crippen MR) is 62.8 cm³/mol. The average Bonchev–Trinajstić information content (AvgIpc) is 2.28. The second kappa shape index (κ2) is 6.65. The molecule has 98 valence electrons. The van der Waals surface area contributed by atoms with Gasteiger partial charge in [-0.15, -0.1) is 0 Å². The standard InChI is InChI=1S/C11H13FN2O4/c1-2-3-18-7-11(15)13-9-4-8(12)5-10(6-9)14(16)17/h4-6H,2-3,7H2,1H3,(H,13,15). The first kappa shape index (κ1) is 14.0. The molecule has 0 radical (unpaired) electrons. The van der Waals surface area contributed by atoms with Crippen molar-refractivity contribution in [2.75, 3.05) is 18.5 Å². The molecule has 0 saturated heterocycles. The van der Waals surface area contributed by atoms with Gasteiger partial charge in [-0.25, -0.2) is 4.39 Å². The van der Waals surface area contributed by atoms with E-state index >= 15 is 0 Å². The van der Waals surface area contributed by atoms with E-state index in [4.69, 9.17) is 4.74 Å². The highest BCUT2D eigenvalue weighted by atomic mass is 19.1. The minimum absolute atomic E-state index is 0.0341. The number of hydrogen-bond acceptors (Lipinski definition) is 4. The Morgan fingerprint density at radius 1 is 1.50 bits per heavy atom. The Bertz CT molecular complexity index is 451. The van der Waals surface area contributed by atoms with E-state index in [0.717, 1.165) is 24.6 Å². The normalized spacial score (nSPS) is 10.1. The van der Waals surface area contributed by atoms with Crippen molar-refractivity contribution in [2.24, 2.45) is 0 Å². The van der Waals surface area contributed by atoms with Crippen molar-refractivity contribution in [1.29, 1.82) is 0 Å². The predicted octanol–water partition coefficient (Wildman–Crippen LogP) is 2.10. The number of nitrogens with one attached hydrogen (secondary N) is 1. The van der Waals surface area contributed by atoms with Crippen LogP contribution in [0.5, 0.6) is 0 Å². The maximum atomic E-state index is 13.1. The molecule has 0 aliphatic rings. The van der Waals surface area contributed by atoms with Gasteiger partial charge in [0, 0.05) is 12.7 Å². The monoisotopic (exact) mass is 256 g/mol. The highest BCUT2D eigenvalue weighted by Gasteiger charge is 2.11. The lowest BCUT2D eigenvalue weighted by molar-refractivity contribution is -0.385. The van der Waals surface area contributed by atoms with Crippen LogP contribution in [0.15, 0.2) is 18.2 Å². The van der Waals surface area contributed by atoms with Gasteiger partial charge >= 0.3 is 0 Å². The van der Waals surface area contributed by atoms with Crippen molar-refractivity contribution in [2.45, 2.75) is 13.3 Å². The molecule has 1 aromatic carbocycles. The van der Waals surface area contributed by atoms with Gasteiger partial charge in [0.2, 0.25) is 5.91 Å². The quantitative estimate of drug-likeness (QED) is 0.480. The van der Waals surface area contributed by atoms with E-state index in [1.54, 1.807) is 0 Å². The fraction of sp³-hybridized carbons (Fsp3) is 0.364. The maximum Gasteiger partial charge on any atom is 0.274 e. The zero-order valence-electron chi connectivity index (χ0n) is 9.81. The molecular formula is C11H13FN2O4. The molecule has 0 spiro atoms. The second-order valence-electron chi connectivity index (χ2n) is 3.56. The van der Waals surface area contributed by atoms with Gasteiger partial charge in [0.05, 0.1) is 16.7 Å². The molecule has 0 fully saturated rings. The van der Waals surface area contributed by atoms with Crippen molar-refractivity contribution in [1.82, 2.24) is 0 Å². The Balaban J connectivity index is 2.66. The first-order valence-electron chi connectivity index (χ1n) is 5.35. The number of carbonyl (C=O) groups excluding carboxylic acids is 1. The fourth-order valence-corrected chi connectivity index (χ4v) is 1.26. The number of carbonyl (C=O) groups is 1. The number of rotatable bonds is 6. The molecule has 7 heteroatoms. The number of nitrogens with zero attached hydrogens (tertiary/aromatic N) is 1. The molecule has 0 aliphatic heterocycles. The van der Waals surface area contributed by atoms with Crippen LogP contribution < -0.4 is 5.32 Å². The molecule has 1 amide bonds. The van der Waals surface area contributed by atoms with Crippen LogP contribution in [0.1, 0.15) is 13.3 Å². The van der Waals surface area contributed by atoms with Gasteiger partial charge in [-0.3, -0.25) is 14.9 Å². The molecule has 0 saturated carbocycles. The summed E-state index contributed by atoms with van der Waals surface area (Å²) >= 11 is 0. The summed E-state index contributed by atoms with van der Waals surface area (Å²) < 4.78 is 18.0. The molecule has 0 unspecified atom stereocenters. The minimum Gasteiger partial charge on any atom is -0.372 e. The van der Waals surface area contributed by atoms with Crippen LogP contribution in [-0.2, 0) is 9.53 Å². The summed E-state index contributed by atoms with van der Waals surface area (Å²) in [5, 5.41) is 12.8. The molecule has 0 aliphatic carbocycles. The highest BCUT2D eigenvalue weighted by Crippen LogP contribution is 2.19. The maximum absolute atomic E-state index is 13.1. The average molecular weight is 256 g/mol. The topological polar surface area (TPSA) is 81.5 Å². The van der Waals surface area contributed by atoms with Gasteiger partial charge < -0.3 is 10.1 Å². The number of hydrogen-bond donors (Lipinski definition) is 1. The summed E-state index contributed by atoms with van der Waals surface area (Å²) in [4.78, 5) is 21.1. The van der Waals surface area contributed by atoms with Gasteiger partial charge in [-0.1, -0.05) is 6.92 Å². The zero-order valence-corrected chi connectivity index (χ0v) is 9.81. The van der Waals surface area contributed by atoms with Crippen molar-refractivity contribution in [3.63, 3.8) is 0 Å². The number of halogens is 1. The number of nitro groups is 1. The molecule has 0 bridgehead atoms. The lowest BCUT2D eigenvalue weighted by atomic mass is 10.2. The van der Waals surface area contributed by atoms with E-state index in [0.29, 0.717) is 6.61 Å². The number of benzene rings is 1. The largest absolute Gasteiger partial charge is 0.372 e. The van der Waals surface area contributed by atoms with Crippen LogP contribution in [0.25, 0.3) is 0 Å². The molecule has 1 N–H and O–H groups in total. The van der Waals surface area contributed by atoms with Gasteiger partial charge in [-0.05, 0) is 12.5 Å². The van der Waals surface area contributed by atoms with Crippen molar-refractivity contribution < 1.29 is 18.8 Å². The van der Waals surface area contributed by atoms with Crippen LogP contribution in [0.3, 0.4) is 0 Å². The van der Waals surface area contributed by atoms with E-state index in [1.165, 1.54) is 0 Å². The lowest BCUT2D eigenvalue weighted by Gasteiger charge is -2.05. The van der Waals surface area contributed by atoms with E-state index in [9.17, 15) is 19.3 Å². The molecule has 0 heterocycles. The summed E-state index contributed by atoms with van der Waals surface area (Å²) in [6.07, 6.45) is 0.777. The number of amides is 1. The number of ether oxygens (including phenoxy) is 1. The number of anilines is 1. The third kappa shape index (κ3) is 4.46. The Labute approximate surface area is 103 Å². The smallest absolute Gasteiger partial charge is 0.274 e. The van der Waals surface area contributed by atoms with E-state index in [-0.39, 0.29) is 12.3 Å². The van der Waals surface area contributed by atoms with Crippen molar-refractivity contribution in [3.8, 4) is 0 Å². The minimum atomic E-state index is -0.783. The third-order valence-electron chi connectivity index (χ3n) is 1.96.